The van der Waals surface area contributed by atoms with E-state index in [9.17, 15) is 4.79 Å². The molecule has 1 atom stereocenters. The summed E-state index contributed by atoms with van der Waals surface area (Å²) in [6, 6.07) is 8.07. The lowest BCUT2D eigenvalue weighted by Gasteiger charge is -2.27. The summed E-state index contributed by atoms with van der Waals surface area (Å²) in [7, 11) is 0. The van der Waals surface area contributed by atoms with Crippen LogP contribution in [0.4, 0.5) is 0 Å². The summed E-state index contributed by atoms with van der Waals surface area (Å²) in [5.74, 6) is 1.47. The van der Waals surface area contributed by atoms with Crippen molar-refractivity contribution in [2.75, 3.05) is 26.2 Å². The average Bonchev–Trinajstić information content (AvgIpc) is 2.63. The number of carbonyl (C=O) groups excluding carboxylic acids is 1. The van der Waals surface area contributed by atoms with Crippen molar-refractivity contribution in [1.29, 1.82) is 0 Å². The van der Waals surface area contributed by atoms with E-state index in [0.29, 0.717) is 25.5 Å². The highest BCUT2D eigenvalue weighted by molar-refractivity contribution is 5.80. The van der Waals surface area contributed by atoms with Gasteiger partial charge in [0.05, 0.1) is 19.2 Å². The number of piperidine rings is 1. The molecular weight excluding hydrogens is 304 g/mol. The Kier molecular flexibility index (Phi) is 5.56. The van der Waals surface area contributed by atoms with Gasteiger partial charge in [-0.25, -0.2) is 0 Å². The molecule has 0 saturated carbocycles. The van der Waals surface area contributed by atoms with Crippen molar-refractivity contribution in [1.82, 2.24) is 10.2 Å². The number of hydrogen-bond acceptors (Lipinski definition) is 3. The van der Waals surface area contributed by atoms with E-state index in [1.54, 1.807) is 0 Å². The molecule has 1 fully saturated rings. The number of carbonyl (C=O) groups is 1. The Hall–Kier alpha value is -2.24. The number of guanidine groups is 1. The van der Waals surface area contributed by atoms with E-state index in [1.807, 2.05) is 29.2 Å². The number of nitrogens with one attached hydrogen (secondary N) is 1. The Labute approximate surface area is 143 Å². The number of amides is 1. The smallest absolute Gasteiger partial charge is 0.224 e. The molecule has 0 aliphatic carbocycles. The van der Waals surface area contributed by atoms with Gasteiger partial charge in [-0.15, -0.1) is 0 Å². The van der Waals surface area contributed by atoms with Crippen molar-refractivity contribution in [3.63, 3.8) is 0 Å². The van der Waals surface area contributed by atoms with E-state index in [4.69, 9.17) is 10.5 Å². The first-order chi connectivity index (χ1) is 11.7. The van der Waals surface area contributed by atoms with Crippen LogP contribution in [0.15, 0.2) is 29.3 Å². The standard InChI is InChI=1S/C18H26N4O2/c19-18(20-10-8-17(23)22-11-4-1-5-12-22)21-15-9-13-24-16-7-3-2-6-14(15)16/h2-3,6-7,15H,1,4-5,8-13H2,(H3,19,20,21). The fraction of sp³-hybridized carbons (Fsp3) is 0.556. The molecule has 1 saturated heterocycles. The molecule has 1 aromatic carbocycles. The molecule has 0 aromatic heterocycles. The first kappa shape index (κ1) is 16.6. The minimum Gasteiger partial charge on any atom is -0.493 e. The van der Waals surface area contributed by atoms with E-state index >= 15 is 0 Å². The van der Waals surface area contributed by atoms with E-state index < -0.39 is 0 Å². The Morgan fingerprint density at radius 2 is 2.08 bits per heavy atom. The predicted octanol–water partition coefficient (Wildman–Crippen LogP) is 1.82. The molecule has 0 radical (unpaired) electrons. The van der Waals surface area contributed by atoms with Crippen LogP contribution in [-0.2, 0) is 4.79 Å². The normalized spacial score (nSPS) is 20.9. The van der Waals surface area contributed by atoms with Crippen LogP contribution in [0, 0.1) is 0 Å². The molecule has 1 aromatic rings. The van der Waals surface area contributed by atoms with E-state index in [1.165, 1.54) is 6.42 Å². The fourth-order valence-corrected chi connectivity index (χ4v) is 3.29. The van der Waals surface area contributed by atoms with Crippen LogP contribution in [0.3, 0.4) is 0 Å². The highest BCUT2D eigenvalue weighted by Gasteiger charge is 2.21. The molecule has 130 valence electrons. The predicted molar refractivity (Wildman–Crippen MR) is 94.0 cm³/mol. The first-order valence-electron chi connectivity index (χ1n) is 8.80. The van der Waals surface area contributed by atoms with E-state index in [-0.39, 0.29) is 11.9 Å². The molecule has 0 bridgehead atoms. The quantitative estimate of drug-likeness (QED) is 0.652. The summed E-state index contributed by atoms with van der Waals surface area (Å²) >= 11 is 0. The van der Waals surface area contributed by atoms with Crippen molar-refractivity contribution in [3.8, 4) is 5.75 Å². The molecule has 2 heterocycles. The van der Waals surface area contributed by atoms with Crippen molar-refractivity contribution < 1.29 is 9.53 Å². The molecular formula is C18H26N4O2. The number of aliphatic imine (C=N–C) groups is 1. The van der Waals surface area contributed by atoms with Gasteiger partial charge in [0.2, 0.25) is 5.91 Å². The maximum absolute atomic E-state index is 12.1. The molecule has 2 aliphatic heterocycles. The Morgan fingerprint density at radius 1 is 1.29 bits per heavy atom. The van der Waals surface area contributed by atoms with Gasteiger partial charge in [-0.1, -0.05) is 18.2 Å². The lowest BCUT2D eigenvalue weighted by Crippen LogP contribution is -2.38. The van der Waals surface area contributed by atoms with Crippen LogP contribution < -0.4 is 15.8 Å². The van der Waals surface area contributed by atoms with Gasteiger partial charge in [0, 0.05) is 31.5 Å². The summed E-state index contributed by atoms with van der Waals surface area (Å²) in [5, 5.41) is 3.25. The van der Waals surface area contributed by atoms with Crippen LogP contribution in [0.2, 0.25) is 0 Å². The number of ether oxygens (including phenoxy) is 1. The average molecular weight is 330 g/mol. The number of rotatable bonds is 4. The Balaban J connectivity index is 1.49. The number of nitrogens with zero attached hydrogens (tertiary/aromatic N) is 2. The minimum atomic E-state index is 0.108. The monoisotopic (exact) mass is 330 g/mol. The number of fused-ring (bicyclic) bond motifs is 1. The number of nitrogens with two attached hydrogens (primary N) is 1. The molecule has 3 rings (SSSR count). The zero-order valence-electron chi connectivity index (χ0n) is 14.0. The molecule has 0 spiro atoms. The van der Waals surface area contributed by atoms with Gasteiger partial charge in [-0.2, -0.15) is 0 Å². The van der Waals surface area contributed by atoms with Crippen LogP contribution in [-0.4, -0.2) is 43.0 Å². The van der Waals surface area contributed by atoms with Gasteiger partial charge in [0.1, 0.15) is 5.75 Å². The van der Waals surface area contributed by atoms with Crippen molar-refractivity contribution in [3.05, 3.63) is 29.8 Å². The van der Waals surface area contributed by atoms with E-state index in [2.05, 4.69) is 10.3 Å². The molecule has 24 heavy (non-hydrogen) atoms. The zero-order valence-corrected chi connectivity index (χ0v) is 14.0. The second kappa shape index (κ2) is 8.04. The van der Waals surface area contributed by atoms with Crippen molar-refractivity contribution in [2.45, 2.75) is 38.1 Å². The van der Waals surface area contributed by atoms with Crippen LogP contribution in [0.5, 0.6) is 5.75 Å². The largest absolute Gasteiger partial charge is 0.493 e. The number of hydrogen-bond donors (Lipinski definition) is 2. The third-order valence-corrected chi connectivity index (χ3v) is 4.60. The van der Waals surface area contributed by atoms with Crippen LogP contribution >= 0.6 is 0 Å². The van der Waals surface area contributed by atoms with Crippen molar-refractivity contribution in [2.24, 2.45) is 10.7 Å². The minimum absolute atomic E-state index is 0.108. The lowest BCUT2D eigenvalue weighted by atomic mass is 10.0. The van der Waals surface area contributed by atoms with E-state index in [0.717, 1.165) is 43.7 Å². The second-order valence-electron chi connectivity index (χ2n) is 6.33. The highest BCUT2D eigenvalue weighted by atomic mass is 16.5. The van der Waals surface area contributed by atoms with Crippen LogP contribution in [0.1, 0.15) is 43.7 Å². The number of benzene rings is 1. The zero-order chi connectivity index (χ0) is 16.8. The topological polar surface area (TPSA) is 80.0 Å². The molecule has 6 heteroatoms. The van der Waals surface area contributed by atoms with Gasteiger partial charge in [-0.3, -0.25) is 9.79 Å². The lowest BCUT2D eigenvalue weighted by molar-refractivity contribution is -0.131. The summed E-state index contributed by atoms with van der Waals surface area (Å²) in [5.41, 5.74) is 7.10. The third kappa shape index (κ3) is 4.19. The Morgan fingerprint density at radius 3 is 2.92 bits per heavy atom. The molecule has 6 nitrogen and oxygen atoms in total. The second-order valence-corrected chi connectivity index (χ2v) is 6.33. The third-order valence-electron chi connectivity index (χ3n) is 4.60. The molecule has 2 aliphatic rings. The van der Waals surface area contributed by atoms with Gasteiger partial charge in [0.15, 0.2) is 5.96 Å². The Bertz CT molecular complexity index is 596. The summed E-state index contributed by atoms with van der Waals surface area (Å²) in [6.45, 7) is 2.86. The number of para-hydroxylation sites is 1. The van der Waals surface area contributed by atoms with Crippen molar-refractivity contribution >= 4 is 11.9 Å². The fourth-order valence-electron chi connectivity index (χ4n) is 3.29. The molecule has 1 amide bonds. The van der Waals surface area contributed by atoms with Gasteiger partial charge in [-0.05, 0) is 25.3 Å². The van der Waals surface area contributed by atoms with Gasteiger partial charge >= 0.3 is 0 Å². The molecule has 1 unspecified atom stereocenters. The summed E-state index contributed by atoms with van der Waals surface area (Å²) in [6.07, 6.45) is 4.72. The summed E-state index contributed by atoms with van der Waals surface area (Å²) in [4.78, 5) is 18.4. The highest BCUT2D eigenvalue weighted by Crippen LogP contribution is 2.31. The van der Waals surface area contributed by atoms with Gasteiger partial charge in [0.25, 0.3) is 0 Å². The first-order valence-corrected chi connectivity index (χ1v) is 8.80. The van der Waals surface area contributed by atoms with Crippen LogP contribution in [0.25, 0.3) is 0 Å². The number of likely N-dealkylation sites (tertiary alicyclic amines) is 1. The SMILES string of the molecule is NC(=NCCC(=O)N1CCCCC1)NC1CCOc2ccccc21. The molecule has 3 N–H and O–H groups in total. The maximum Gasteiger partial charge on any atom is 0.224 e. The van der Waals surface area contributed by atoms with Gasteiger partial charge < -0.3 is 20.7 Å². The maximum atomic E-state index is 12.1. The summed E-state index contributed by atoms with van der Waals surface area (Å²) < 4.78 is 5.64.